The largest absolute Gasteiger partial charge is 0.350 e. The molecule has 17 heavy (non-hydrogen) atoms. The van der Waals surface area contributed by atoms with Crippen molar-refractivity contribution in [2.75, 3.05) is 0 Å². The van der Waals surface area contributed by atoms with Crippen LogP contribution in [0.25, 0.3) is 11.7 Å². The number of rotatable bonds is 3. The first-order valence-electron chi connectivity index (χ1n) is 5.57. The number of aromatic nitrogens is 2. The van der Waals surface area contributed by atoms with Crippen molar-refractivity contribution >= 4 is 17.6 Å². The van der Waals surface area contributed by atoms with Gasteiger partial charge in [-0.25, -0.2) is 4.98 Å². The molecule has 0 fully saturated rings. The van der Waals surface area contributed by atoms with Crippen LogP contribution >= 0.6 is 0 Å². The van der Waals surface area contributed by atoms with Gasteiger partial charge in [-0.05, 0) is 32.1 Å². The number of amides is 1. The van der Waals surface area contributed by atoms with Gasteiger partial charge in [-0.1, -0.05) is 6.07 Å². The fourth-order valence-corrected chi connectivity index (χ4v) is 1.57. The third-order valence-corrected chi connectivity index (χ3v) is 2.28. The van der Waals surface area contributed by atoms with E-state index in [9.17, 15) is 4.79 Å². The maximum absolute atomic E-state index is 11.5. The number of nitrogens with one attached hydrogen (secondary N) is 1. The van der Waals surface area contributed by atoms with Crippen LogP contribution in [0.4, 0.5) is 0 Å². The van der Waals surface area contributed by atoms with E-state index in [0.717, 1.165) is 11.3 Å². The zero-order valence-electron chi connectivity index (χ0n) is 9.92. The van der Waals surface area contributed by atoms with Gasteiger partial charge in [-0.2, -0.15) is 0 Å². The number of hydrogen-bond acceptors (Lipinski definition) is 2. The van der Waals surface area contributed by atoms with Gasteiger partial charge >= 0.3 is 0 Å². The fourth-order valence-electron chi connectivity index (χ4n) is 1.57. The summed E-state index contributed by atoms with van der Waals surface area (Å²) >= 11 is 0. The van der Waals surface area contributed by atoms with E-state index in [0.29, 0.717) is 0 Å². The first-order valence-corrected chi connectivity index (χ1v) is 5.57. The maximum Gasteiger partial charge on any atom is 0.244 e. The van der Waals surface area contributed by atoms with E-state index in [1.54, 1.807) is 12.3 Å². The molecule has 0 aliphatic rings. The normalized spacial score (nSPS) is 11.5. The molecule has 0 unspecified atom stereocenters. The first-order chi connectivity index (χ1) is 8.16. The molecule has 1 amide bonds. The zero-order chi connectivity index (χ0) is 12.3. The molecule has 88 valence electrons. The second-order valence-electron chi connectivity index (χ2n) is 4.11. The van der Waals surface area contributed by atoms with Crippen LogP contribution in [0.1, 0.15) is 19.5 Å². The second kappa shape index (κ2) is 4.82. The van der Waals surface area contributed by atoms with Gasteiger partial charge in [0, 0.05) is 18.3 Å². The van der Waals surface area contributed by atoms with E-state index < -0.39 is 0 Å². The Hall–Kier alpha value is -2.10. The predicted molar refractivity (Wildman–Crippen MR) is 67.5 cm³/mol. The average Bonchev–Trinajstić information content (AvgIpc) is 2.69. The van der Waals surface area contributed by atoms with Crippen molar-refractivity contribution < 1.29 is 4.79 Å². The molecular weight excluding hydrogens is 214 g/mol. The minimum Gasteiger partial charge on any atom is -0.350 e. The molecular formula is C13H15N3O. The summed E-state index contributed by atoms with van der Waals surface area (Å²) in [5, 5.41) is 2.80. The summed E-state index contributed by atoms with van der Waals surface area (Å²) in [5.41, 5.74) is 1.76. The Labute approximate surface area is 100.0 Å². The topological polar surface area (TPSA) is 46.4 Å². The van der Waals surface area contributed by atoms with Crippen molar-refractivity contribution in [2.45, 2.75) is 19.9 Å². The summed E-state index contributed by atoms with van der Waals surface area (Å²) in [5.74, 6) is -0.0918. The van der Waals surface area contributed by atoms with Gasteiger partial charge in [-0.3, -0.25) is 4.79 Å². The SMILES string of the molecule is CC(C)NC(=O)/C=C/c1cnc2ccccn12. The third kappa shape index (κ3) is 2.72. The van der Waals surface area contributed by atoms with Crippen LogP contribution in [0.3, 0.4) is 0 Å². The number of nitrogens with zero attached hydrogens (tertiary/aromatic N) is 2. The molecule has 0 aliphatic heterocycles. The molecule has 4 heteroatoms. The summed E-state index contributed by atoms with van der Waals surface area (Å²) in [6.45, 7) is 3.86. The maximum atomic E-state index is 11.5. The number of fused-ring (bicyclic) bond motifs is 1. The fraction of sp³-hybridized carbons (Fsp3) is 0.231. The minimum atomic E-state index is -0.0918. The lowest BCUT2D eigenvalue weighted by molar-refractivity contribution is -0.116. The molecule has 0 radical (unpaired) electrons. The van der Waals surface area contributed by atoms with Crippen LogP contribution in [0.5, 0.6) is 0 Å². The number of carbonyl (C=O) groups is 1. The Balaban J connectivity index is 2.18. The second-order valence-corrected chi connectivity index (χ2v) is 4.11. The van der Waals surface area contributed by atoms with E-state index in [2.05, 4.69) is 10.3 Å². The standard InChI is InChI=1S/C13H15N3O/c1-10(2)15-13(17)7-6-11-9-14-12-5-3-4-8-16(11)12/h3-10H,1-2H3,(H,15,17)/b7-6+. The number of imidazole rings is 1. The monoisotopic (exact) mass is 229 g/mol. The van der Waals surface area contributed by atoms with Crippen LogP contribution in [0.2, 0.25) is 0 Å². The van der Waals surface area contributed by atoms with Gasteiger partial charge < -0.3 is 9.72 Å². The van der Waals surface area contributed by atoms with E-state index >= 15 is 0 Å². The van der Waals surface area contributed by atoms with Gasteiger partial charge in [0.2, 0.25) is 5.91 Å². The van der Waals surface area contributed by atoms with Crippen molar-refractivity contribution in [3.05, 3.63) is 42.4 Å². The number of carbonyl (C=O) groups excluding carboxylic acids is 1. The van der Waals surface area contributed by atoms with Crippen LogP contribution in [0.15, 0.2) is 36.7 Å². The lowest BCUT2D eigenvalue weighted by Crippen LogP contribution is -2.28. The molecule has 2 aromatic heterocycles. The van der Waals surface area contributed by atoms with Gasteiger partial charge in [0.25, 0.3) is 0 Å². The van der Waals surface area contributed by atoms with Crippen molar-refractivity contribution in [2.24, 2.45) is 0 Å². The lowest BCUT2D eigenvalue weighted by Gasteiger charge is -2.03. The Morgan fingerprint density at radius 2 is 2.29 bits per heavy atom. The quantitative estimate of drug-likeness (QED) is 0.817. The molecule has 0 atom stereocenters. The average molecular weight is 229 g/mol. The summed E-state index contributed by atoms with van der Waals surface area (Å²) < 4.78 is 1.93. The summed E-state index contributed by atoms with van der Waals surface area (Å²) in [4.78, 5) is 15.7. The third-order valence-electron chi connectivity index (χ3n) is 2.28. The molecule has 2 rings (SSSR count). The molecule has 0 saturated heterocycles. The van der Waals surface area contributed by atoms with E-state index in [1.807, 2.05) is 42.6 Å². The highest BCUT2D eigenvalue weighted by Gasteiger charge is 2.00. The predicted octanol–water partition coefficient (Wildman–Crippen LogP) is 1.87. The van der Waals surface area contributed by atoms with Crippen molar-refractivity contribution in [3.63, 3.8) is 0 Å². The molecule has 0 spiro atoms. The zero-order valence-corrected chi connectivity index (χ0v) is 9.92. The van der Waals surface area contributed by atoms with Crippen LogP contribution in [-0.2, 0) is 4.79 Å². The highest BCUT2D eigenvalue weighted by Crippen LogP contribution is 2.07. The van der Waals surface area contributed by atoms with Gasteiger partial charge in [0.15, 0.2) is 0 Å². The summed E-state index contributed by atoms with van der Waals surface area (Å²) in [6.07, 6.45) is 6.95. The summed E-state index contributed by atoms with van der Waals surface area (Å²) in [7, 11) is 0. The first kappa shape index (κ1) is 11.4. The molecule has 2 heterocycles. The van der Waals surface area contributed by atoms with Crippen LogP contribution in [-0.4, -0.2) is 21.3 Å². The number of pyridine rings is 1. The smallest absolute Gasteiger partial charge is 0.244 e. The van der Waals surface area contributed by atoms with E-state index in [-0.39, 0.29) is 11.9 Å². The Morgan fingerprint density at radius 3 is 3.06 bits per heavy atom. The molecule has 0 bridgehead atoms. The molecule has 2 aromatic rings. The van der Waals surface area contributed by atoms with Crippen molar-refractivity contribution in [3.8, 4) is 0 Å². The van der Waals surface area contributed by atoms with Gasteiger partial charge in [-0.15, -0.1) is 0 Å². The molecule has 1 N–H and O–H groups in total. The van der Waals surface area contributed by atoms with Gasteiger partial charge in [0.05, 0.1) is 11.9 Å². The van der Waals surface area contributed by atoms with E-state index in [4.69, 9.17) is 0 Å². The summed E-state index contributed by atoms with van der Waals surface area (Å²) in [6, 6.07) is 5.93. The Kier molecular flexibility index (Phi) is 3.23. The van der Waals surface area contributed by atoms with E-state index in [1.165, 1.54) is 6.08 Å². The highest BCUT2D eigenvalue weighted by molar-refractivity contribution is 5.91. The molecule has 4 nitrogen and oxygen atoms in total. The lowest BCUT2D eigenvalue weighted by atomic mass is 10.3. The van der Waals surface area contributed by atoms with Crippen LogP contribution < -0.4 is 5.32 Å². The van der Waals surface area contributed by atoms with Crippen molar-refractivity contribution in [1.82, 2.24) is 14.7 Å². The molecule has 0 saturated carbocycles. The number of hydrogen-bond donors (Lipinski definition) is 1. The Bertz CT molecular complexity index is 555. The highest BCUT2D eigenvalue weighted by atomic mass is 16.1. The van der Waals surface area contributed by atoms with Crippen molar-refractivity contribution in [1.29, 1.82) is 0 Å². The Morgan fingerprint density at radius 1 is 1.47 bits per heavy atom. The molecule has 0 aromatic carbocycles. The minimum absolute atomic E-state index is 0.0918. The van der Waals surface area contributed by atoms with Crippen LogP contribution in [0, 0.1) is 0 Å². The van der Waals surface area contributed by atoms with Gasteiger partial charge in [0.1, 0.15) is 5.65 Å². The molecule has 0 aliphatic carbocycles.